The Hall–Kier alpha value is -0.0400. The molecule has 1 saturated carbocycles. The second-order valence-corrected chi connectivity index (χ2v) is 6.49. The fourth-order valence-corrected chi connectivity index (χ4v) is 3.03. The van der Waals surface area contributed by atoms with Gasteiger partial charge in [0.15, 0.2) is 0 Å². The zero-order valence-corrected chi connectivity index (χ0v) is 11.3. The number of nitrogens with one attached hydrogen (secondary N) is 1. The minimum absolute atomic E-state index is 0.526. The van der Waals surface area contributed by atoms with E-state index in [0.717, 1.165) is 11.8 Å². The van der Waals surface area contributed by atoms with Crippen molar-refractivity contribution in [2.75, 3.05) is 6.54 Å². The molecule has 1 heteroatoms. The van der Waals surface area contributed by atoms with Crippen LogP contribution in [0.2, 0.25) is 0 Å². The van der Waals surface area contributed by atoms with Gasteiger partial charge in [-0.05, 0) is 36.6 Å². The molecule has 15 heavy (non-hydrogen) atoms. The van der Waals surface area contributed by atoms with Crippen molar-refractivity contribution in [2.45, 2.75) is 66.3 Å². The first-order chi connectivity index (χ1) is 6.92. The highest BCUT2D eigenvalue weighted by molar-refractivity contribution is 4.85. The van der Waals surface area contributed by atoms with E-state index in [4.69, 9.17) is 0 Å². The van der Waals surface area contributed by atoms with E-state index in [0.29, 0.717) is 11.5 Å². The molecule has 0 saturated heterocycles. The minimum atomic E-state index is 0.526. The summed E-state index contributed by atoms with van der Waals surface area (Å²) in [5.74, 6) is 1.79. The first-order valence-electron chi connectivity index (χ1n) is 6.65. The molecule has 0 heterocycles. The third kappa shape index (κ3) is 4.14. The van der Waals surface area contributed by atoms with Gasteiger partial charge in [-0.1, -0.05) is 47.5 Å². The van der Waals surface area contributed by atoms with E-state index in [1.54, 1.807) is 0 Å². The smallest absolute Gasteiger partial charge is 0.00104 e. The van der Waals surface area contributed by atoms with Crippen LogP contribution >= 0.6 is 0 Å². The third-order valence-electron chi connectivity index (χ3n) is 4.00. The molecule has 90 valence electrons. The summed E-state index contributed by atoms with van der Waals surface area (Å²) in [4.78, 5) is 0. The first kappa shape index (κ1) is 13.0. The summed E-state index contributed by atoms with van der Waals surface area (Å²) in [5.41, 5.74) is 0.526. The van der Waals surface area contributed by atoms with Gasteiger partial charge in [-0.15, -0.1) is 0 Å². The first-order valence-corrected chi connectivity index (χ1v) is 6.65. The predicted octanol–water partition coefficient (Wildman–Crippen LogP) is 3.84. The molecule has 1 fully saturated rings. The summed E-state index contributed by atoms with van der Waals surface area (Å²) in [6, 6.07) is 0.626. The van der Waals surface area contributed by atoms with Crippen molar-refractivity contribution in [2.24, 2.45) is 17.3 Å². The molecule has 2 atom stereocenters. The van der Waals surface area contributed by atoms with Crippen LogP contribution in [0.4, 0.5) is 0 Å². The minimum Gasteiger partial charge on any atom is -0.314 e. The highest BCUT2D eigenvalue weighted by Gasteiger charge is 2.32. The van der Waals surface area contributed by atoms with E-state index >= 15 is 0 Å². The van der Waals surface area contributed by atoms with Crippen molar-refractivity contribution >= 4 is 0 Å². The largest absolute Gasteiger partial charge is 0.314 e. The van der Waals surface area contributed by atoms with Gasteiger partial charge in [0.2, 0.25) is 0 Å². The van der Waals surface area contributed by atoms with Gasteiger partial charge in [0.25, 0.3) is 0 Å². The molecular weight excluding hydrogens is 182 g/mol. The van der Waals surface area contributed by atoms with Crippen molar-refractivity contribution in [1.29, 1.82) is 0 Å². The van der Waals surface area contributed by atoms with Crippen molar-refractivity contribution < 1.29 is 0 Å². The van der Waals surface area contributed by atoms with Crippen LogP contribution < -0.4 is 5.32 Å². The Morgan fingerprint density at radius 3 is 2.53 bits per heavy atom. The molecule has 0 spiro atoms. The Kier molecular flexibility index (Phi) is 4.64. The van der Waals surface area contributed by atoms with Gasteiger partial charge in [0.1, 0.15) is 0 Å². The van der Waals surface area contributed by atoms with Crippen LogP contribution in [0.25, 0.3) is 0 Å². The number of hydrogen-bond donors (Lipinski definition) is 1. The lowest BCUT2D eigenvalue weighted by Gasteiger charge is -2.34. The van der Waals surface area contributed by atoms with Crippen molar-refractivity contribution in [3.05, 3.63) is 0 Å². The predicted molar refractivity (Wildman–Crippen MR) is 68.0 cm³/mol. The maximum absolute atomic E-state index is 3.61. The highest BCUT2D eigenvalue weighted by atomic mass is 14.9. The van der Waals surface area contributed by atoms with E-state index in [1.165, 1.54) is 32.2 Å². The normalized spacial score (nSPS) is 31.6. The second kappa shape index (κ2) is 5.34. The van der Waals surface area contributed by atoms with Crippen molar-refractivity contribution in [3.8, 4) is 0 Å². The summed E-state index contributed by atoms with van der Waals surface area (Å²) < 4.78 is 0. The molecule has 0 amide bonds. The van der Waals surface area contributed by atoms with E-state index in [1.807, 2.05) is 0 Å². The van der Waals surface area contributed by atoms with Gasteiger partial charge in [-0.25, -0.2) is 0 Å². The van der Waals surface area contributed by atoms with Gasteiger partial charge in [0.05, 0.1) is 0 Å². The molecule has 1 aliphatic rings. The van der Waals surface area contributed by atoms with Crippen LogP contribution in [0.5, 0.6) is 0 Å². The summed E-state index contributed by atoms with van der Waals surface area (Å²) >= 11 is 0. The SMILES string of the molecule is CC1CCCC(CNC(C)C)C(C)(C)C1. The van der Waals surface area contributed by atoms with Crippen LogP contribution in [-0.2, 0) is 0 Å². The topological polar surface area (TPSA) is 12.0 Å². The summed E-state index contributed by atoms with van der Waals surface area (Å²) in [6.07, 6.45) is 5.67. The summed E-state index contributed by atoms with van der Waals surface area (Å²) in [6.45, 7) is 13.0. The van der Waals surface area contributed by atoms with Gasteiger partial charge in [-0.2, -0.15) is 0 Å². The van der Waals surface area contributed by atoms with Crippen molar-refractivity contribution in [3.63, 3.8) is 0 Å². The van der Waals surface area contributed by atoms with Crippen LogP contribution in [0.15, 0.2) is 0 Å². The Bertz CT molecular complexity index is 184. The molecule has 0 bridgehead atoms. The lowest BCUT2D eigenvalue weighted by atomic mass is 9.73. The average molecular weight is 211 g/mol. The maximum atomic E-state index is 3.61. The van der Waals surface area contributed by atoms with Gasteiger partial charge < -0.3 is 5.32 Å². The Morgan fingerprint density at radius 2 is 1.93 bits per heavy atom. The fraction of sp³-hybridized carbons (Fsp3) is 1.00. The molecule has 1 aliphatic carbocycles. The van der Waals surface area contributed by atoms with E-state index in [9.17, 15) is 0 Å². The highest BCUT2D eigenvalue weighted by Crippen LogP contribution is 2.41. The van der Waals surface area contributed by atoms with Gasteiger partial charge >= 0.3 is 0 Å². The van der Waals surface area contributed by atoms with E-state index in [2.05, 4.69) is 39.9 Å². The maximum Gasteiger partial charge on any atom is 0.00104 e. The Labute approximate surface area is 96.0 Å². The molecule has 1 rings (SSSR count). The van der Waals surface area contributed by atoms with Gasteiger partial charge in [0, 0.05) is 6.04 Å². The summed E-state index contributed by atoms with van der Waals surface area (Å²) in [5, 5.41) is 3.61. The lowest BCUT2D eigenvalue weighted by molar-refractivity contribution is 0.173. The van der Waals surface area contributed by atoms with Crippen molar-refractivity contribution in [1.82, 2.24) is 5.32 Å². The van der Waals surface area contributed by atoms with E-state index < -0.39 is 0 Å². The molecule has 1 N–H and O–H groups in total. The van der Waals surface area contributed by atoms with Gasteiger partial charge in [-0.3, -0.25) is 0 Å². The van der Waals surface area contributed by atoms with Crippen LogP contribution in [0.3, 0.4) is 0 Å². The monoisotopic (exact) mass is 211 g/mol. The Balaban J connectivity index is 2.52. The fourth-order valence-electron chi connectivity index (χ4n) is 3.03. The number of rotatable bonds is 3. The van der Waals surface area contributed by atoms with Crippen LogP contribution in [0, 0.1) is 17.3 Å². The molecular formula is C14H29N. The zero-order chi connectivity index (χ0) is 11.5. The Morgan fingerprint density at radius 1 is 1.27 bits per heavy atom. The standard InChI is InChI=1S/C14H29N/c1-11(2)15-10-13-8-6-7-12(3)9-14(13,4)5/h11-13,15H,6-10H2,1-5H3. The summed E-state index contributed by atoms with van der Waals surface area (Å²) in [7, 11) is 0. The lowest BCUT2D eigenvalue weighted by Crippen LogP contribution is -2.36. The zero-order valence-electron chi connectivity index (χ0n) is 11.3. The van der Waals surface area contributed by atoms with E-state index in [-0.39, 0.29) is 0 Å². The molecule has 1 nitrogen and oxygen atoms in total. The number of hydrogen-bond acceptors (Lipinski definition) is 1. The molecule has 2 unspecified atom stereocenters. The molecule has 0 aromatic heterocycles. The molecule has 0 aromatic carbocycles. The molecule has 0 aliphatic heterocycles. The van der Waals surface area contributed by atoms with Crippen LogP contribution in [0.1, 0.15) is 60.3 Å². The second-order valence-electron chi connectivity index (χ2n) is 6.49. The molecule has 0 aromatic rings. The van der Waals surface area contributed by atoms with Crippen LogP contribution in [-0.4, -0.2) is 12.6 Å². The third-order valence-corrected chi connectivity index (χ3v) is 4.00. The average Bonchev–Trinajstić information content (AvgIpc) is 2.20. The quantitative estimate of drug-likeness (QED) is 0.699. The molecule has 0 radical (unpaired) electrons.